The maximum Gasteiger partial charge on any atom is 0.123 e. The minimum absolute atomic E-state index is 0.0542. The van der Waals surface area contributed by atoms with E-state index < -0.39 is 0 Å². The van der Waals surface area contributed by atoms with Gasteiger partial charge in [-0.1, -0.05) is 23.7 Å². The van der Waals surface area contributed by atoms with Crippen molar-refractivity contribution in [3.05, 3.63) is 58.9 Å². The van der Waals surface area contributed by atoms with Gasteiger partial charge in [0.15, 0.2) is 0 Å². The minimum Gasteiger partial charge on any atom is -0.397 e. The zero-order chi connectivity index (χ0) is 13.1. The molecule has 1 atom stereocenters. The van der Waals surface area contributed by atoms with Gasteiger partial charge in [-0.25, -0.2) is 4.39 Å². The molecule has 2 rings (SSSR count). The van der Waals surface area contributed by atoms with Gasteiger partial charge in [0.2, 0.25) is 0 Å². The van der Waals surface area contributed by atoms with Crippen LogP contribution in [0.25, 0.3) is 0 Å². The van der Waals surface area contributed by atoms with E-state index in [0.717, 1.165) is 11.3 Å². The number of halogens is 2. The molecule has 94 valence electrons. The number of hydrogen-bond acceptors (Lipinski definition) is 2. The smallest absolute Gasteiger partial charge is 0.123 e. The van der Waals surface area contributed by atoms with Crippen molar-refractivity contribution in [3.63, 3.8) is 0 Å². The summed E-state index contributed by atoms with van der Waals surface area (Å²) in [5.74, 6) is -0.250. The van der Waals surface area contributed by atoms with Crippen molar-refractivity contribution in [1.29, 1.82) is 0 Å². The molecule has 0 amide bonds. The molecule has 2 aromatic carbocycles. The average Bonchev–Trinajstić information content (AvgIpc) is 2.34. The molecule has 0 saturated heterocycles. The van der Waals surface area contributed by atoms with E-state index in [0.29, 0.717) is 10.7 Å². The Labute approximate surface area is 111 Å². The van der Waals surface area contributed by atoms with E-state index in [9.17, 15) is 4.39 Å². The molecule has 0 heterocycles. The molecule has 0 fully saturated rings. The molecule has 1 unspecified atom stereocenters. The molecular formula is C14H14ClFN2. The molecule has 0 radical (unpaired) electrons. The van der Waals surface area contributed by atoms with E-state index in [1.807, 2.05) is 13.0 Å². The number of nitrogens with one attached hydrogen (secondary N) is 1. The standard InChI is InChI=1S/C14H14ClFN2/c1-9(10-3-2-4-12(16)7-10)18-14-8-11(15)5-6-13(14)17/h2-9,18H,17H2,1H3. The third kappa shape index (κ3) is 2.93. The predicted molar refractivity (Wildman–Crippen MR) is 74.3 cm³/mol. The van der Waals surface area contributed by atoms with Crippen LogP contribution >= 0.6 is 11.6 Å². The fraction of sp³-hybridized carbons (Fsp3) is 0.143. The van der Waals surface area contributed by atoms with Crippen LogP contribution in [0.1, 0.15) is 18.5 Å². The summed E-state index contributed by atoms with van der Waals surface area (Å²) in [6.45, 7) is 1.94. The van der Waals surface area contributed by atoms with Crippen molar-refractivity contribution in [2.45, 2.75) is 13.0 Å². The highest BCUT2D eigenvalue weighted by Crippen LogP contribution is 2.27. The molecular weight excluding hydrogens is 251 g/mol. The van der Waals surface area contributed by atoms with Gasteiger partial charge >= 0.3 is 0 Å². The van der Waals surface area contributed by atoms with Gasteiger partial charge in [0.1, 0.15) is 5.82 Å². The van der Waals surface area contributed by atoms with Gasteiger partial charge in [-0.05, 0) is 42.8 Å². The average molecular weight is 265 g/mol. The lowest BCUT2D eigenvalue weighted by Crippen LogP contribution is -2.08. The highest BCUT2D eigenvalue weighted by molar-refractivity contribution is 6.31. The second-order valence-electron chi connectivity index (χ2n) is 4.15. The fourth-order valence-corrected chi connectivity index (χ4v) is 1.92. The Morgan fingerprint density at radius 3 is 2.72 bits per heavy atom. The summed E-state index contributed by atoms with van der Waals surface area (Å²) >= 11 is 5.92. The Hall–Kier alpha value is -1.74. The topological polar surface area (TPSA) is 38.0 Å². The number of anilines is 2. The lowest BCUT2D eigenvalue weighted by Gasteiger charge is -2.17. The zero-order valence-corrected chi connectivity index (χ0v) is 10.7. The van der Waals surface area contributed by atoms with Crippen LogP contribution in [0.15, 0.2) is 42.5 Å². The van der Waals surface area contributed by atoms with Gasteiger partial charge in [0.05, 0.1) is 11.4 Å². The van der Waals surface area contributed by atoms with Gasteiger partial charge in [-0.3, -0.25) is 0 Å². The van der Waals surface area contributed by atoms with Crippen LogP contribution in [0, 0.1) is 5.82 Å². The SMILES string of the molecule is CC(Nc1cc(Cl)ccc1N)c1cccc(F)c1. The minimum atomic E-state index is -0.250. The number of nitrogens with two attached hydrogens (primary N) is 1. The third-order valence-electron chi connectivity index (χ3n) is 2.74. The zero-order valence-electron chi connectivity index (χ0n) is 9.95. The molecule has 0 spiro atoms. The largest absolute Gasteiger partial charge is 0.397 e. The highest BCUT2D eigenvalue weighted by Gasteiger charge is 2.08. The summed E-state index contributed by atoms with van der Waals surface area (Å²) < 4.78 is 13.1. The first kappa shape index (κ1) is 12.7. The van der Waals surface area contributed by atoms with Crippen LogP contribution in [0.5, 0.6) is 0 Å². The Morgan fingerprint density at radius 2 is 2.00 bits per heavy atom. The summed E-state index contributed by atoms with van der Waals surface area (Å²) in [4.78, 5) is 0. The van der Waals surface area contributed by atoms with Crippen LogP contribution in [0.2, 0.25) is 5.02 Å². The summed E-state index contributed by atoms with van der Waals surface area (Å²) in [5, 5.41) is 3.83. The van der Waals surface area contributed by atoms with Crippen LogP contribution in [-0.2, 0) is 0 Å². The Morgan fingerprint density at radius 1 is 1.22 bits per heavy atom. The molecule has 4 heteroatoms. The molecule has 18 heavy (non-hydrogen) atoms. The maximum atomic E-state index is 13.1. The number of rotatable bonds is 3. The monoisotopic (exact) mass is 264 g/mol. The predicted octanol–water partition coefficient (Wildman–Crippen LogP) is 4.23. The van der Waals surface area contributed by atoms with Crippen molar-refractivity contribution < 1.29 is 4.39 Å². The molecule has 3 N–H and O–H groups in total. The number of hydrogen-bond donors (Lipinski definition) is 2. The Balaban J connectivity index is 2.21. The molecule has 0 bridgehead atoms. The molecule has 0 saturated carbocycles. The number of nitrogen functional groups attached to an aromatic ring is 1. The third-order valence-corrected chi connectivity index (χ3v) is 2.97. The fourth-order valence-electron chi connectivity index (χ4n) is 1.75. The quantitative estimate of drug-likeness (QED) is 0.814. The van der Waals surface area contributed by atoms with Crippen LogP contribution < -0.4 is 11.1 Å². The van der Waals surface area contributed by atoms with Crippen LogP contribution in [-0.4, -0.2) is 0 Å². The van der Waals surface area contributed by atoms with Gasteiger partial charge in [0, 0.05) is 11.1 Å². The molecule has 0 aliphatic rings. The first-order chi connectivity index (χ1) is 8.56. The molecule has 2 nitrogen and oxygen atoms in total. The molecule has 0 aliphatic carbocycles. The van der Waals surface area contributed by atoms with Crippen molar-refractivity contribution in [2.24, 2.45) is 0 Å². The van der Waals surface area contributed by atoms with E-state index in [2.05, 4.69) is 5.32 Å². The molecule has 2 aromatic rings. The van der Waals surface area contributed by atoms with Crippen molar-refractivity contribution in [1.82, 2.24) is 0 Å². The van der Waals surface area contributed by atoms with Gasteiger partial charge < -0.3 is 11.1 Å². The second kappa shape index (κ2) is 5.27. The summed E-state index contributed by atoms with van der Waals surface area (Å²) in [6, 6.07) is 11.6. The van der Waals surface area contributed by atoms with Gasteiger partial charge in [-0.2, -0.15) is 0 Å². The Kier molecular flexibility index (Phi) is 3.72. The summed E-state index contributed by atoms with van der Waals surface area (Å²) in [7, 11) is 0. The van der Waals surface area contributed by atoms with Crippen LogP contribution in [0.4, 0.5) is 15.8 Å². The second-order valence-corrected chi connectivity index (χ2v) is 4.59. The normalized spacial score (nSPS) is 12.2. The molecule has 0 aliphatic heterocycles. The van der Waals surface area contributed by atoms with E-state index in [1.54, 1.807) is 24.3 Å². The first-order valence-electron chi connectivity index (χ1n) is 5.63. The van der Waals surface area contributed by atoms with Crippen molar-refractivity contribution >= 4 is 23.0 Å². The number of benzene rings is 2. The van der Waals surface area contributed by atoms with Crippen molar-refractivity contribution in [2.75, 3.05) is 11.1 Å². The maximum absolute atomic E-state index is 13.1. The van der Waals surface area contributed by atoms with Crippen LogP contribution in [0.3, 0.4) is 0 Å². The van der Waals surface area contributed by atoms with E-state index in [4.69, 9.17) is 17.3 Å². The van der Waals surface area contributed by atoms with E-state index in [1.165, 1.54) is 12.1 Å². The van der Waals surface area contributed by atoms with Gasteiger partial charge in [-0.15, -0.1) is 0 Å². The summed E-state index contributed by atoms with van der Waals surface area (Å²) in [6.07, 6.45) is 0. The highest BCUT2D eigenvalue weighted by atomic mass is 35.5. The van der Waals surface area contributed by atoms with E-state index in [-0.39, 0.29) is 11.9 Å². The van der Waals surface area contributed by atoms with Crippen molar-refractivity contribution in [3.8, 4) is 0 Å². The van der Waals surface area contributed by atoms with E-state index >= 15 is 0 Å². The molecule has 0 aromatic heterocycles. The lowest BCUT2D eigenvalue weighted by atomic mass is 10.1. The van der Waals surface area contributed by atoms with Gasteiger partial charge in [0.25, 0.3) is 0 Å². The Bertz CT molecular complexity index is 557. The first-order valence-corrected chi connectivity index (χ1v) is 6.01. The lowest BCUT2D eigenvalue weighted by molar-refractivity contribution is 0.623. The summed E-state index contributed by atoms with van der Waals surface area (Å²) in [5.41, 5.74) is 8.07.